The molecule has 34 heavy (non-hydrogen) atoms. The number of carbonyl (C=O) groups is 3. The van der Waals surface area contributed by atoms with Gasteiger partial charge in [-0.05, 0) is 43.2 Å². The Morgan fingerprint density at radius 1 is 1.09 bits per heavy atom. The number of amidine groups is 1. The normalized spacial score (nSPS) is 21.5. The van der Waals surface area contributed by atoms with Crippen molar-refractivity contribution >= 4 is 40.3 Å². The number of ether oxygens (including phenoxy) is 1. The largest absolute Gasteiger partial charge is 0.493 e. The van der Waals surface area contributed by atoms with Crippen LogP contribution in [-0.4, -0.2) is 52.7 Å². The first-order valence-electron chi connectivity index (χ1n) is 11.5. The highest BCUT2D eigenvalue weighted by atomic mass is 32.2. The molecule has 3 aliphatic heterocycles. The summed E-state index contributed by atoms with van der Waals surface area (Å²) in [7, 11) is 0. The first-order chi connectivity index (χ1) is 16.6. The molecule has 2 aromatic rings. The smallest absolute Gasteiger partial charge is 0.262 e. The van der Waals surface area contributed by atoms with Crippen LogP contribution in [0.15, 0.2) is 53.5 Å². The molecule has 0 bridgehead atoms. The third kappa shape index (κ3) is 4.94. The fourth-order valence-corrected chi connectivity index (χ4v) is 5.49. The van der Waals surface area contributed by atoms with Crippen LogP contribution in [-0.2, 0) is 9.59 Å². The van der Waals surface area contributed by atoms with Crippen molar-refractivity contribution < 1.29 is 19.1 Å². The van der Waals surface area contributed by atoms with Gasteiger partial charge in [-0.25, -0.2) is 0 Å². The number of benzene rings is 2. The molecule has 3 heterocycles. The number of carbonyl (C=O) groups excluding carboxylic acids is 3. The van der Waals surface area contributed by atoms with Crippen LogP contribution >= 0.6 is 11.8 Å². The predicted molar refractivity (Wildman–Crippen MR) is 131 cm³/mol. The van der Waals surface area contributed by atoms with E-state index in [4.69, 9.17) is 4.74 Å². The molecule has 1 saturated heterocycles. The predicted octanol–water partition coefficient (Wildman–Crippen LogP) is 3.36. The lowest BCUT2D eigenvalue weighted by molar-refractivity contribution is -0.121. The van der Waals surface area contributed by atoms with Gasteiger partial charge < -0.3 is 20.3 Å². The number of anilines is 1. The summed E-state index contributed by atoms with van der Waals surface area (Å²) in [5.74, 6) is 0.122. The van der Waals surface area contributed by atoms with Crippen molar-refractivity contribution in [3.05, 3.63) is 59.7 Å². The second kappa shape index (κ2) is 9.89. The molecule has 0 spiro atoms. The third-order valence-corrected chi connectivity index (χ3v) is 7.38. The number of amides is 3. The van der Waals surface area contributed by atoms with Crippen molar-refractivity contribution in [3.63, 3.8) is 0 Å². The molecule has 0 aromatic heterocycles. The summed E-state index contributed by atoms with van der Waals surface area (Å²) >= 11 is 1.38. The average Bonchev–Trinajstić information content (AvgIpc) is 3.50. The van der Waals surface area contributed by atoms with Crippen molar-refractivity contribution in [2.24, 2.45) is 4.99 Å². The molecule has 2 aromatic carbocycles. The summed E-state index contributed by atoms with van der Waals surface area (Å²) in [6, 6.07) is 14.4. The van der Waals surface area contributed by atoms with Gasteiger partial charge in [-0.2, -0.15) is 4.99 Å². The molecule has 176 valence electrons. The second-order valence-electron chi connectivity index (χ2n) is 8.56. The molecule has 1 fully saturated rings. The lowest BCUT2D eigenvalue weighted by atomic mass is 10.00. The van der Waals surface area contributed by atoms with Gasteiger partial charge in [-0.3, -0.25) is 14.4 Å². The summed E-state index contributed by atoms with van der Waals surface area (Å²) in [5.41, 5.74) is 2.06. The van der Waals surface area contributed by atoms with E-state index in [1.54, 1.807) is 24.3 Å². The van der Waals surface area contributed by atoms with Gasteiger partial charge in [0.25, 0.3) is 11.8 Å². The zero-order valence-electron chi connectivity index (χ0n) is 18.7. The summed E-state index contributed by atoms with van der Waals surface area (Å²) in [6.45, 7) is 2.39. The molecule has 0 radical (unpaired) electrons. The lowest BCUT2D eigenvalue weighted by Crippen LogP contribution is -2.32. The number of hydrogen-bond acceptors (Lipinski definition) is 6. The Balaban J connectivity index is 1.14. The molecule has 5 rings (SSSR count). The van der Waals surface area contributed by atoms with Crippen molar-refractivity contribution in [1.82, 2.24) is 10.2 Å². The number of nitrogens with one attached hydrogen (secondary N) is 2. The molecular weight excluding hydrogens is 452 g/mol. The summed E-state index contributed by atoms with van der Waals surface area (Å²) in [6.07, 6.45) is 2.98. The van der Waals surface area contributed by atoms with Gasteiger partial charge in [0.2, 0.25) is 5.91 Å². The van der Waals surface area contributed by atoms with E-state index in [1.165, 1.54) is 11.8 Å². The molecule has 3 amide bonds. The maximum Gasteiger partial charge on any atom is 0.262 e. The molecule has 8 nitrogen and oxygen atoms in total. The fraction of sp³-hybridized carbons (Fsp3) is 0.360. The van der Waals surface area contributed by atoms with Crippen molar-refractivity contribution in [1.29, 1.82) is 0 Å². The first kappa shape index (κ1) is 22.5. The number of para-hydroxylation sites is 1. The van der Waals surface area contributed by atoms with E-state index in [-0.39, 0.29) is 30.2 Å². The summed E-state index contributed by atoms with van der Waals surface area (Å²) in [4.78, 5) is 43.7. The van der Waals surface area contributed by atoms with E-state index in [2.05, 4.69) is 20.5 Å². The Morgan fingerprint density at radius 2 is 1.85 bits per heavy atom. The maximum atomic E-state index is 12.8. The van der Waals surface area contributed by atoms with Crippen LogP contribution < -0.4 is 15.4 Å². The number of rotatable bonds is 5. The quantitative estimate of drug-likeness (QED) is 0.684. The third-order valence-electron chi connectivity index (χ3n) is 6.17. The van der Waals surface area contributed by atoms with Gasteiger partial charge in [-0.15, -0.1) is 0 Å². The highest BCUT2D eigenvalue weighted by molar-refractivity contribution is 8.15. The van der Waals surface area contributed by atoms with E-state index in [0.29, 0.717) is 24.3 Å². The SMILES string of the molecule is O=C(C[C@@H]1SC(N2CCCC2)=NC1=O)Nc1ccc(C(=O)N[C@@H]2CCOc3ccccc32)cc1. The number of fused-ring (bicyclic) bond motifs is 1. The van der Waals surface area contributed by atoms with Gasteiger partial charge >= 0.3 is 0 Å². The highest BCUT2D eigenvalue weighted by Crippen LogP contribution is 2.32. The number of aliphatic imine (C=N–C) groups is 1. The molecular formula is C25H26N4O4S. The van der Waals surface area contributed by atoms with E-state index >= 15 is 0 Å². The van der Waals surface area contributed by atoms with Gasteiger partial charge in [0.15, 0.2) is 5.17 Å². The molecule has 0 aliphatic carbocycles. The molecule has 0 unspecified atom stereocenters. The lowest BCUT2D eigenvalue weighted by Gasteiger charge is -2.26. The van der Waals surface area contributed by atoms with Crippen molar-refractivity contribution in [2.75, 3.05) is 25.0 Å². The van der Waals surface area contributed by atoms with Crippen LogP contribution in [0.2, 0.25) is 0 Å². The van der Waals surface area contributed by atoms with Gasteiger partial charge in [0.1, 0.15) is 11.0 Å². The monoisotopic (exact) mass is 478 g/mol. The van der Waals surface area contributed by atoms with Crippen LogP contribution in [0.1, 0.15) is 47.6 Å². The van der Waals surface area contributed by atoms with E-state index in [0.717, 1.165) is 42.4 Å². The molecule has 9 heteroatoms. The number of hydrogen-bond donors (Lipinski definition) is 2. The molecule has 3 aliphatic rings. The van der Waals surface area contributed by atoms with Crippen LogP contribution in [0.3, 0.4) is 0 Å². The van der Waals surface area contributed by atoms with Crippen LogP contribution in [0, 0.1) is 0 Å². The second-order valence-corrected chi connectivity index (χ2v) is 9.73. The Bertz CT molecular complexity index is 1130. The first-order valence-corrected chi connectivity index (χ1v) is 12.4. The average molecular weight is 479 g/mol. The van der Waals surface area contributed by atoms with Crippen LogP contribution in [0.4, 0.5) is 5.69 Å². The fourth-order valence-electron chi connectivity index (χ4n) is 4.37. The van der Waals surface area contributed by atoms with Crippen molar-refractivity contribution in [3.8, 4) is 5.75 Å². The number of nitrogens with zero attached hydrogens (tertiary/aromatic N) is 2. The Labute approximate surface area is 202 Å². The van der Waals surface area contributed by atoms with Crippen LogP contribution in [0.25, 0.3) is 0 Å². The molecule has 2 N–H and O–H groups in total. The minimum Gasteiger partial charge on any atom is -0.493 e. The molecule has 2 atom stereocenters. The standard InChI is InChI=1S/C25H26N4O4S/c30-22(15-21-24(32)28-25(34-21)29-12-3-4-13-29)26-17-9-7-16(8-10-17)23(31)27-19-11-14-33-20-6-2-1-5-18(19)20/h1-2,5-10,19,21H,3-4,11-15H2,(H,26,30)(H,27,31)/t19-,21+/m1/s1. The Kier molecular flexibility index (Phi) is 6.53. The van der Waals surface area contributed by atoms with Crippen LogP contribution in [0.5, 0.6) is 5.75 Å². The van der Waals surface area contributed by atoms with E-state index in [9.17, 15) is 14.4 Å². The molecule has 0 saturated carbocycles. The van der Waals surface area contributed by atoms with E-state index < -0.39 is 5.25 Å². The minimum atomic E-state index is -0.483. The Morgan fingerprint density at radius 3 is 2.65 bits per heavy atom. The summed E-state index contributed by atoms with van der Waals surface area (Å²) < 4.78 is 5.66. The minimum absolute atomic E-state index is 0.0652. The van der Waals surface area contributed by atoms with Crippen molar-refractivity contribution in [2.45, 2.75) is 37.0 Å². The van der Waals surface area contributed by atoms with Gasteiger partial charge in [-0.1, -0.05) is 30.0 Å². The zero-order valence-corrected chi connectivity index (χ0v) is 19.5. The van der Waals surface area contributed by atoms with Gasteiger partial charge in [0.05, 0.1) is 12.6 Å². The number of thioether (sulfide) groups is 1. The topological polar surface area (TPSA) is 100 Å². The number of likely N-dealkylation sites (tertiary alicyclic amines) is 1. The zero-order chi connectivity index (χ0) is 23.5. The van der Waals surface area contributed by atoms with Gasteiger partial charge in [0, 0.05) is 42.7 Å². The summed E-state index contributed by atoms with van der Waals surface area (Å²) in [5, 5.41) is 6.14. The maximum absolute atomic E-state index is 12.8. The Hall–Kier alpha value is -3.33. The van der Waals surface area contributed by atoms with E-state index in [1.807, 2.05) is 24.3 Å². The highest BCUT2D eigenvalue weighted by Gasteiger charge is 2.33.